The van der Waals surface area contributed by atoms with Crippen molar-refractivity contribution < 1.29 is 14.4 Å². The van der Waals surface area contributed by atoms with Gasteiger partial charge in [0.05, 0.1) is 17.1 Å². The molecule has 5 rings (SSSR count). The molecule has 1 saturated heterocycles. The molecular weight excluding hydrogens is 462 g/mol. The van der Waals surface area contributed by atoms with E-state index in [-0.39, 0.29) is 23.8 Å². The molecule has 1 atom stereocenters. The van der Waals surface area contributed by atoms with Crippen LogP contribution in [0.5, 0.6) is 0 Å². The fraction of sp³-hybridized carbons (Fsp3) is 0.269. The molecule has 4 N–H and O–H groups in total. The lowest BCUT2D eigenvalue weighted by Crippen LogP contribution is -2.34. The van der Waals surface area contributed by atoms with Gasteiger partial charge in [-0.1, -0.05) is 6.58 Å². The zero-order chi connectivity index (χ0) is 24.5. The van der Waals surface area contributed by atoms with E-state index in [1.807, 2.05) is 31.2 Å². The van der Waals surface area contributed by atoms with Gasteiger partial charge in [0.2, 0.25) is 5.91 Å². The molecule has 0 bridgehead atoms. The van der Waals surface area contributed by atoms with E-state index < -0.39 is 0 Å². The van der Waals surface area contributed by atoms with Crippen molar-refractivity contribution in [2.24, 2.45) is 0 Å². The largest absolute Gasteiger partial charge is 0.381 e. The first-order valence-corrected chi connectivity index (χ1v) is 12.5. The molecule has 180 valence electrons. The van der Waals surface area contributed by atoms with Crippen LogP contribution >= 0.6 is 11.3 Å². The molecule has 0 radical (unpaired) electrons. The standard InChI is InChI=1S/C26H27N5O3S/c1-3-22(32)30-19-13-17(7-8-20(19)31-10-4-5-11-31)29-25(33)16-6-9-21-18(12-16)23-24(35-21)26(34)28-15(2)14-27-23/h3,6-9,12-13,15,27H,1,4-5,10-11,14H2,2H3,(H,28,34)(H,29,33)(H,30,32)/t15-/m1/s1. The van der Waals surface area contributed by atoms with E-state index in [4.69, 9.17) is 0 Å². The number of amides is 3. The highest BCUT2D eigenvalue weighted by molar-refractivity contribution is 7.21. The summed E-state index contributed by atoms with van der Waals surface area (Å²) in [5.41, 5.74) is 3.39. The van der Waals surface area contributed by atoms with Crippen LogP contribution in [0, 0.1) is 0 Å². The molecule has 2 aliphatic rings. The van der Waals surface area contributed by atoms with E-state index in [1.54, 1.807) is 12.1 Å². The molecule has 2 aromatic carbocycles. The highest BCUT2D eigenvalue weighted by Crippen LogP contribution is 2.38. The van der Waals surface area contributed by atoms with Crippen LogP contribution in [0.2, 0.25) is 0 Å². The maximum atomic E-state index is 13.1. The van der Waals surface area contributed by atoms with E-state index in [2.05, 4.69) is 32.7 Å². The second-order valence-corrected chi connectivity index (χ2v) is 9.90. The van der Waals surface area contributed by atoms with Crippen LogP contribution in [-0.4, -0.2) is 43.4 Å². The Labute approximate surface area is 207 Å². The molecule has 3 amide bonds. The van der Waals surface area contributed by atoms with Gasteiger partial charge in [-0.05, 0) is 62.2 Å². The maximum absolute atomic E-state index is 13.1. The van der Waals surface area contributed by atoms with Gasteiger partial charge in [-0.15, -0.1) is 11.3 Å². The topological polar surface area (TPSA) is 103 Å². The van der Waals surface area contributed by atoms with E-state index >= 15 is 0 Å². The van der Waals surface area contributed by atoms with Gasteiger partial charge >= 0.3 is 0 Å². The van der Waals surface area contributed by atoms with Crippen molar-refractivity contribution in [2.75, 3.05) is 40.5 Å². The Morgan fingerprint density at radius 2 is 1.94 bits per heavy atom. The number of thiophene rings is 1. The van der Waals surface area contributed by atoms with Crippen LogP contribution in [0.15, 0.2) is 49.1 Å². The fourth-order valence-electron chi connectivity index (χ4n) is 4.50. The predicted molar refractivity (Wildman–Crippen MR) is 142 cm³/mol. The van der Waals surface area contributed by atoms with Gasteiger partial charge in [0.25, 0.3) is 11.8 Å². The SMILES string of the molecule is C=CC(=O)Nc1cc(NC(=O)c2ccc3sc4c(c3c2)NC[C@@H](C)NC4=O)ccc1N1CCCC1. The van der Waals surface area contributed by atoms with Gasteiger partial charge in [-0.2, -0.15) is 0 Å². The molecule has 35 heavy (non-hydrogen) atoms. The molecule has 3 heterocycles. The summed E-state index contributed by atoms with van der Waals surface area (Å²) in [6.07, 6.45) is 3.45. The van der Waals surface area contributed by atoms with Crippen molar-refractivity contribution >= 4 is 61.9 Å². The molecule has 2 aliphatic heterocycles. The third-order valence-electron chi connectivity index (χ3n) is 6.26. The zero-order valence-electron chi connectivity index (χ0n) is 19.4. The first-order chi connectivity index (χ1) is 16.9. The third kappa shape index (κ3) is 4.59. The summed E-state index contributed by atoms with van der Waals surface area (Å²) in [6, 6.07) is 11.0. The fourth-order valence-corrected chi connectivity index (χ4v) is 5.57. The molecule has 3 aromatic rings. The number of anilines is 4. The Morgan fingerprint density at radius 1 is 1.14 bits per heavy atom. The van der Waals surface area contributed by atoms with Crippen LogP contribution in [0.3, 0.4) is 0 Å². The van der Waals surface area contributed by atoms with Crippen molar-refractivity contribution in [2.45, 2.75) is 25.8 Å². The molecule has 0 saturated carbocycles. The van der Waals surface area contributed by atoms with Gasteiger partial charge in [0, 0.05) is 47.0 Å². The van der Waals surface area contributed by atoms with Crippen molar-refractivity contribution in [3.05, 3.63) is 59.5 Å². The second-order valence-electron chi connectivity index (χ2n) is 8.85. The van der Waals surface area contributed by atoms with E-state index in [0.29, 0.717) is 28.4 Å². The molecule has 9 heteroatoms. The molecule has 1 fully saturated rings. The predicted octanol–water partition coefficient (Wildman–Crippen LogP) is 4.42. The minimum absolute atomic E-state index is 0.0166. The van der Waals surface area contributed by atoms with Crippen LogP contribution in [-0.2, 0) is 4.79 Å². The number of carbonyl (C=O) groups is 3. The maximum Gasteiger partial charge on any atom is 0.263 e. The number of rotatable bonds is 5. The van der Waals surface area contributed by atoms with Crippen LogP contribution in [0.1, 0.15) is 39.8 Å². The van der Waals surface area contributed by atoms with Gasteiger partial charge in [-0.3, -0.25) is 14.4 Å². The highest BCUT2D eigenvalue weighted by Gasteiger charge is 2.24. The molecule has 1 aromatic heterocycles. The lowest BCUT2D eigenvalue weighted by Gasteiger charge is -2.22. The van der Waals surface area contributed by atoms with E-state index in [9.17, 15) is 14.4 Å². The summed E-state index contributed by atoms with van der Waals surface area (Å²) in [5, 5.41) is 13.0. The Balaban J connectivity index is 1.42. The molecule has 0 spiro atoms. The van der Waals surface area contributed by atoms with Crippen LogP contribution in [0.4, 0.5) is 22.7 Å². The smallest absolute Gasteiger partial charge is 0.263 e. The Kier molecular flexibility index (Phi) is 6.17. The quantitative estimate of drug-likeness (QED) is 0.397. The monoisotopic (exact) mass is 489 g/mol. The molecule has 0 aliphatic carbocycles. The number of hydrogen-bond donors (Lipinski definition) is 4. The highest BCUT2D eigenvalue weighted by atomic mass is 32.1. The summed E-state index contributed by atoms with van der Waals surface area (Å²) >= 11 is 1.41. The van der Waals surface area contributed by atoms with E-state index in [1.165, 1.54) is 17.4 Å². The summed E-state index contributed by atoms with van der Waals surface area (Å²) in [5.74, 6) is -0.673. The van der Waals surface area contributed by atoms with Crippen LogP contribution in [0.25, 0.3) is 10.1 Å². The first kappa shape index (κ1) is 22.9. The third-order valence-corrected chi connectivity index (χ3v) is 7.43. The Morgan fingerprint density at radius 3 is 2.71 bits per heavy atom. The summed E-state index contributed by atoms with van der Waals surface area (Å²) in [7, 11) is 0. The van der Waals surface area contributed by atoms with Gasteiger partial charge < -0.3 is 26.2 Å². The molecular formula is C26H27N5O3S. The van der Waals surface area contributed by atoms with Crippen molar-refractivity contribution in [1.82, 2.24) is 5.32 Å². The molecule has 0 unspecified atom stereocenters. The summed E-state index contributed by atoms with van der Waals surface area (Å²) < 4.78 is 0.938. The van der Waals surface area contributed by atoms with Crippen molar-refractivity contribution in [3.8, 4) is 0 Å². The second kappa shape index (κ2) is 9.42. The number of nitrogens with zero attached hydrogens (tertiary/aromatic N) is 1. The van der Waals surface area contributed by atoms with Gasteiger partial charge in [0.1, 0.15) is 4.88 Å². The minimum Gasteiger partial charge on any atom is -0.381 e. The number of nitrogens with one attached hydrogen (secondary N) is 4. The number of hydrogen-bond acceptors (Lipinski definition) is 6. The number of carbonyl (C=O) groups excluding carboxylic acids is 3. The lowest BCUT2D eigenvalue weighted by molar-refractivity contribution is -0.111. The van der Waals surface area contributed by atoms with Crippen molar-refractivity contribution in [3.63, 3.8) is 0 Å². The van der Waals surface area contributed by atoms with Gasteiger partial charge in [0.15, 0.2) is 0 Å². The van der Waals surface area contributed by atoms with Gasteiger partial charge in [-0.25, -0.2) is 0 Å². The Bertz CT molecular complexity index is 1340. The zero-order valence-corrected chi connectivity index (χ0v) is 20.3. The van der Waals surface area contributed by atoms with Crippen molar-refractivity contribution in [1.29, 1.82) is 0 Å². The molecule has 8 nitrogen and oxygen atoms in total. The van der Waals surface area contributed by atoms with Crippen LogP contribution < -0.4 is 26.2 Å². The average Bonchev–Trinajstić information content (AvgIpc) is 3.47. The first-order valence-electron chi connectivity index (χ1n) is 11.7. The number of benzene rings is 2. The minimum atomic E-state index is -0.302. The summed E-state index contributed by atoms with van der Waals surface area (Å²) in [4.78, 5) is 40.6. The average molecular weight is 490 g/mol. The Hall–Kier alpha value is -3.85. The normalized spacial score (nSPS) is 17.2. The number of fused-ring (bicyclic) bond motifs is 3. The lowest BCUT2D eigenvalue weighted by atomic mass is 10.1. The van der Waals surface area contributed by atoms with E-state index in [0.717, 1.165) is 47.4 Å². The summed E-state index contributed by atoms with van der Waals surface area (Å²) in [6.45, 7) is 7.96.